The van der Waals surface area contributed by atoms with Crippen molar-refractivity contribution in [1.82, 2.24) is 0 Å². The first kappa shape index (κ1) is 51.2. The maximum atomic E-state index is 11.1. The van der Waals surface area contributed by atoms with Gasteiger partial charge in [-0.05, 0) is 125 Å². The SMILES string of the molecule is COC(CCCCCSc1ccc(C(=O)O)cc1)CC(C)=O.COC(CCCSc1ccc(C(=O)O)cc1)CC(C)=O.COC(CCc1ccccc1)CC(C)=O. The minimum Gasteiger partial charge on any atom is -0.478 e. The predicted molar refractivity (Wildman–Crippen MR) is 229 cm³/mol. The summed E-state index contributed by atoms with van der Waals surface area (Å²) in [5, 5.41) is 17.6. The number of carbonyl (C=O) groups excluding carboxylic acids is 3. The van der Waals surface area contributed by atoms with Crippen molar-refractivity contribution in [3.63, 3.8) is 0 Å². The molecule has 0 saturated carbocycles. The van der Waals surface area contributed by atoms with Crippen LogP contribution in [-0.4, -0.2) is 90.6 Å². The van der Waals surface area contributed by atoms with Crippen LogP contribution in [0.4, 0.5) is 0 Å². The third-order valence-corrected chi connectivity index (χ3v) is 10.9. The molecule has 10 nitrogen and oxygen atoms in total. The fourth-order valence-corrected chi connectivity index (χ4v) is 7.36. The Labute approximate surface area is 347 Å². The molecular formula is C45H62O10S2. The normalized spacial score (nSPS) is 12.2. The molecular weight excluding hydrogens is 765 g/mol. The Hall–Kier alpha value is -3.81. The smallest absolute Gasteiger partial charge is 0.335 e. The highest BCUT2D eigenvalue weighted by Gasteiger charge is 2.12. The fourth-order valence-electron chi connectivity index (χ4n) is 5.57. The van der Waals surface area contributed by atoms with E-state index in [2.05, 4.69) is 12.1 Å². The lowest BCUT2D eigenvalue weighted by Gasteiger charge is -2.13. The van der Waals surface area contributed by atoms with Gasteiger partial charge in [0.1, 0.15) is 17.3 Å². The van der Waals surface area contributed by atoms with Crippen LogP contribution in [0.2, 0.25) is 0 Å². The van der Waals surface area contributed by atoms with Crippen molar-refractivity contribution in [2.45, 2.75) is 120 Å². The number of Topliss-reactive ketones (excluding diaryl/α,β-unsaturated/α-hetero) is 3. The summed E-state index contributed by atoms with van der Waals surface area (Å²) in [7, 11) is 4.95. The summed E-state index contributed by atoms with van der Waals surface area (Å²) in [6, 6.07) is 24.1. The van der Waals surface area contributed by atoms with Crippen molar-refractivity contribution in [3.8, 4) is 0 Å². The predicted octanol–water partition coefficient (Wildman–Crippen LogP) is 9.90. The molecule has 0 bridgehead atoms. The van der Waals surface area contributed by atoms with E-state index in [0.29, 0.717) is 30.4 Å². The molecule has 3 aromatic rings. The number of ether oxygens (including phenoxy) is 3. The second-order valence-electron chi connectivity index (χ2n) is 13.7. The summed E-state index contributed by atoms with van der Waals surface area (Å²) in [6.07, 6.45) is 9.47. The molecule has 314 valence electrons. The highest BCUT2D eigenvalue weighted by atomic mass is 32.2. The van der Waals surface area contributed by atoms with E-state index in [-0.39, 0.29) is 35.7 Å². The van der Waals surface area contributed by atoms with E-state index in [1.807, 2.05) is 42.5 Å². The number of hydrogen-bond acceptors (Lipinski definition) is 10. The van der Waals surface area contributed by atoms with Gasteiger partial charge in [0, 0.05) is 50.4 Å². The number of rotatable bonds is 26. The number of ketones is 3. The first-order chi connectivity index (χ1) is 27.3. The zero-order valence-electron chi connectivity index (χ0n) is 34.4. The van der Waals surface area contributed by atoms with Crippen LogP contribution in [0, 0.1) is 0 Å². The third-order valence-electron chi connectivity index (χ3n) is 8.72. The molecule has 3 atom stereocenters. The van der Waals surface area contributed by atoms with Gasteiger partial charge in [-0.25, -0.2) is 9.59 Å². The number of thioether (sulfide) groups is 2. The second-order valence-corrected chi connectivity index (χ2v) is 16.0. The first-order valence-corrected chi connectivity index (χ1v) is 21.3. The van der Waals surface area contributed by atoms with Gasteiger partial charge in [0.25, 0.3) is 0 Å². The van der Waals surface area contributed by atoms with Crippen LogP contribution in [-0.2, 0) is 35.0 Å². The van der Waals surface area contributed by atoms with Crippen LogP contribution in [0.3, 0.4) is 0 Å². The molecule has 0 aliphatic heterocycles. The summed E-state index contributed by atoms with van der Waals surface area (Å²) in [6.45, 7) is 4.78. The zero-order valence-corrected chi connectivity index (χ0v) is 36.0. The summed E-state index contributed by atoms with van der Waals surface area (Å²) in [5.41, 5.74) is 1.92. The number of aromatic carboxylic acids is 2. The monoisotopic (exact) mass is 826 g/mol. The molecule has 0 fully saturated rings. The molecule has 3 unspecified atom stereocenters. The maximum Gasteiger partial charge on any atom is 0.335 e. The van der Waals surface area contributed by atoms with Crippen molar-refractivity contribution in [1.29, 1.82) is 0 Å². The van der Waals surface area contributed by atoms with E-state index in [9.17, 15) is 24.0 Å². The van der Waals surface area contributed by atoms with Crippen LogP contribution >= 0.6 is 23.5 Å². The number of methoxy groups -OCH3 is 3. The molecule has 57 heavy (non-hydrogen) atoms. The van der Waals surface area contributed by atoms with Gasteiger partial charge in [-0.15, -0.1) is 23.5 Å². The fraction of sp³-hybridized carbons (Fsp3) is 0.489. The summed E-state index contributed by atoms with van der Waals surface area (Å²) < 4.78 is 15.8. The van der Waals surface area contributed by atoms with Crippen LogP contribution in [0.15, 0.2) is 88.7 Å². The topological polar surface area (TPSA) is 154 Å². The number of carboxylic acid groups (broad SMARTS) is 2. The van der Waals surface area contributed by atoms with Crippen molar-refractivity contribution in [2.24, 2.45) is 0 Å². The van der Waals surface area contributed by atoms with Crippen LogP contribution in [0.5, 0.6) is 0 Å². The summed E-state index contributed by atoms with van der Waals surface area (Å²) in [5.74, 6) is 0.639. The molecule has 3 aromatic carbocycles. The standard InChI is InChI=1S/C17H24O4S.C15H20O4S.C13H18O2/c1-13(18)12-15(21-2)6-4-3-5-11-22-16-9-7-14(8-10-16)17(19)20;1-11(16)10-13(19-2)4-3-9-20-14-7-5-12(6-8-14)15(17)18;1-11(14)10-13(15-2)9-8-12-6-4-3-5-7-12/h7-10,15H,3-6,11-12H2,1-2H3,(H,19,20);5-8,13H,3-4,9-10H2,1-2H3,(H,17,18);3-7,13H,8-10H2,1-2H3. The van der Waals surface area contributed by atoms with Gasteiger partial charge in [-0.1, -0.05) is 43.2 Å². The molecule has 0 aliphatic rings. The second kappa shape index (κ2) is 31.2. The molecule has 0 heterocycles. The number of hydrogen-bond donors (Lipinski definition) is 2. The molecule has 0 saturated heterocycles. The summed E-state index contributed by atoms with van der Waals surface area (Å²) >= 11 is 3.42. The van der Waals surface area contributed by atoms with Gasteiger partial charge in [-0.3, -0.25) is 14.4 Å². The molecule has 0 aliphatic carbocycles. The largest absolute Gasteiger partial charge is 0.478 e. The van der Waals surface area contributed by atoms with Crippen LogP contribution in [0.25, 0.3) is 0 Å². The van der Waals surface area contributed by atoms with Crippen molar-refractivity contribution in [2.75, 3.05) is 32.8 Å². The lowest BCUT2D eigenvalue weighted by atomic mass is 10.0. The van der Waals surface area contributed by atoms with E-state index >= 15 is 0 Å². The highest BCUT2D eigenvalue weighted by molar-refractivity contribution is 7.99. The van der Waals surface area contributed by atoms with Gasteiger partial charge >= 0.3 is 11.9 Å². The minimum atomic E-state index is -0.909. The number of carboxylic acids is 2. The van der Waals surface area contributed by atoms with Crippen molar-refractivity contribution < 1.29 is 48.4 Å². The Morgan fingerprint density at radius 1 is 0.509 bits per heavy atom. The maximum absolute atomic E-state index is 11.1. The average molecular weight is 827 g/mol. The molecule has 0 spiro atoms. The Kier molecular flexibility index (Phi) is 28.0. The van der Waals surface area contributed by atoms with Crippen molar-refractivity contribution in [3.05, 3.63) is 95.6 Å². The Bertz CT molecular complexity index is 1580. The zero-order chi connectivity index (χ0) is 42.4. The lowest BCUT2D eigenvalue weighted by Crippen LogP contribution is -2.15. The number of carbonyl (C=O) groups is 5. The summed E-state index contributed by atoms with van der Waals surface area (Å²) in [4.78, 5) is 56.6. The molecule has 0 amide bonds. The molecule has 0 aromatic heterocycles. The number of benzene rings is 3. The number of aryl methyl sites for hydroxylation is 1. The van der Waals surface area contributed by atoms with E-state index in [1.165, 1.54) is 5.56 Å². The van der Waals surface area contributed by atoms with Gasteiger partial charge in [0.2, 0.25) is 0 Å². The van der Waals surface area contributed by atoms with Crippen LogP contribution in [0.1, 0.15) is 111 Å². The molecule has 12 heteroatoms. The first-order valence-electron chi connectivity index (χ1n) is 19.3. The molecule has 2 N–H and O–H groups in total. The van der Waals surface area contributed by atoms with Crippen molar-refractivity contribution >= 4 is 52.8 Å². The van der Waals surface area contributed by atoms with E-state index < -0.39 is 11.9 Å². The Morgan fingerprint density at radius 3 is 1.28 bits per heavy atom. The van der Waals surface area contributed by atoms with E-state index in [4.69, 9.17) is 24.4 Å². The minimum absolute atomic E-state index is 0.00230. The van der Waals surface area contributed by atoms with Crippen LogP contribution < -0.4 is 0 Å². The lowest BCUT2D eigenvalue weighted by molar-refractivity contribution is -0.120. The quantitative estimate of drug-likeness (QED) is 0.0585. The molecule has 3 rings (SSSR count). The third kappa shape index (κ3) is 25.9. The Morgan fingerprint density at radius 2 is 0.895 bits per heavy atom. The Balaban J connectivity index is 0.000000435. The van der Waals surface area contributed by atoms with Gasteiger partial charge < -0.3 is 24.4 Å². The average Bonchev–Trinajstić information content (AvgIpc) is 3.19. The van der Waals surface area contributed by atoms with Gasteiger partial charge in [-0.2, -0.15) is 0 Å². The highest BCUT2D eigenvalue weighted by Crippen LogP contribution is 2.22. The van der Waals surface area contributed by atoms with Gasteiger partial charge in [0.15, 0.2) is 0 Å². The molecule has 0 radical (unpaired) electrons. The van der Waals surface area contributed by atoms with Gasteiger partial charge in [0.05, 0.1) is 29.4 Å². The van der Waals surface area contributed by atoms with E-state index in [0.717, 1.165) is 72.7 Å². The number of unbranched alkanes of at least 4 members (excludes halogenated alkanes) is 2. The van der Waals surface area contributed by atoms with E-state index in [1.54, 1.807) is 89.9 Å².